The molecule has 0 aliphatic heterocycles. The lowest BCUT2D eigenvalue weighted by Gasteiger charge is -2.25. The predicted molar refractivity (Wildman–Crippen MR) is 83.2 cm³/mol. The van der Waals surface area contributed by atoms with Crippen molar-refractivity contribution < 1.29 is 4.74 Å². The Morgan fingerprint density at radius 3 is 2.50 bits per heavy atom. The molecule has 1 heterocycles. The van der Waals surface area contributed by atoms with Gasteiger partial charge in [-0.05, 0) is 44.4 Å². The maximum atomic E-state index is 6.14. The Morgan fingerprint density at radius 2 is 1.90 bits per heavy atom. The maximum absolute atomic E-state index is 6.14. The van der Waals surface area contributed by atoms with E-state index < -0.39 is 0 Å². The third-order valence-corrected chi connectivity index (χ3v) is 3.85. The van der Waals surface area contributed by atoms with Crippen LogP contribution in [-0.4, -0.2) is 18.1 Å². The summed E-state index contributed by atoms with van der Waals surface area (Å²) in [4.78, 5) is 4.73. The van der Waals surface area contributed by atoms with Gasteiger partial charge in [0.2, 0.25) is 5.88 Å². The maximum Gasteiger partial charge on any atom is 0.214 e. The van der Waals surface area contributed by atoms with Crippen molar-refractivity contribution in [2.24, 2.45) is 0 Å². The number of pyridine rings is 1. The molecule has 1 saturated carbocycles. The van der Waals surface area contributed by atoms with E-state index in [1.807, 2.05) is 7.05 Å². The highest BCUT2D eigenvalue weighted by atomic mass is 16.5. The third-order valence-electron chi connectivity index (χ3n) is 3.85. The van der Waals surface area contributed by atoms with E-state index in [1.165, 1.54) is 37.7 Å². The van der Waals surface area contributed by atoms with Crippen LogP contribution < -0.4 is 10.1 Å². The fourth-order valence-electron chi connectivity index (χ4n) is 2.66. The minimum atomic E-state index is 0.0500. The van der Waals surface area contributed by atoms with Crippen LogP contribution in [0.15, 0.2) is 12.1 Å². The van der Waals surface area contributed by atoms with Gasteiger partial charge in [-0.15, -0.1) is 0 Å². The first kappa shape index (κ1) is 15.3. The Kier molecular flexibility index (Phi) is 5.03. The number of hydrogen-bond acceptors (Lipinski definition) is 3. The van der Waals surface area contributed by atoms with Crippen LogP contribution in [0.3, 0.4) is 0 Å². The number of aromatic nitrogens is 1. The predicted octanol–water partition coefficient (Wildman–Crippen LogP) is 3.81. The average Bonchev–Trinajstić information content (AvgIpc) is 2.39. The standard InChI is InChI=1S/C17H28N2O/c1-17(2,3)15-10-13(12-18-4)11-16(19-15)20-14-8-6-5-7-9-14/h10-11,14,18H,5-9,12H2,1-4H3. The monoisotopic (exact) mass is 276 g/mol. The molecule has 1 aromatic rings. The molecule has 1 aliphatic carbocycles. The normalized spacial score (nSPS) is 17.2. The molecule has 0 radical (unpaired) electrons. The molecule has 1 fully saturated rings. The summed E-state index contributed by atoms with van der Waals surface area (Å²) in [5, 5.41) is 3.21. The molecule has 0 aromatic carbocycles. The van der Waals surface area contributed by atoms with E-state index in [0.29, 0.717) is 6.10 Å². The molecule has 0 amide bonds. The molecule has 112 valence electrons. The molecular formula is C17H28N2O. The van der Waals surface area contributed by atoms with E-state index >= 15 is 0 Å². The summed E-state index contributed by atoms with van der Waals surface area (Å²) in [5.74, 6) is 0.801. The van der Waals surface area contributed by atoms with Crippen molar-refractivity contribution in [3.05, 3.63) is 23.4 Å². The highest BCUT2D eigenvalue weighted by Crippen LogP contribution is 2.27. The molecule has 2 rings (SSSR count). The van der Waals surface area contributed by atoms with E-state index in [0.717, 1.165) is 18.1 Å². The van der Waals surface area contributed by atoms with E-state index in [4.69, 9.17) is 9.72 Å². The first-order valence-corrected chi connectivity index (χ1v) is 7.82. The van der Waals surface area contributed by atoms with Gasteiger partial charge in [-0.25, -0.2) is 4.98 Å². The quantitative estimate of drug-likeness (QED) is 0.908. The van der Waals surface area contributed by atoms with Crippen LogP contribution in [0.1, 0.15) is 64.1 Å². The smallest absolute Gasteiger partial charge is 0.214 e. The Labute approximate surface area is 123 Å². The van der Waals surface area contributed by atoms with Crippen LogP contribution in [-0.2, 0) is 12.0 Å². The van der Waals surface area contributed by atoms with Gasteiger partial charge in [-0.2, -0.15) is 0 Å². The van der Waals surface area contributed by atoms with Crippen LogP contribution in [0.25, 0.3) is 0 Å². The molecule has 0 bridgehead atoms. The molecule has 3 nitrogen and oxygen atoms in total. The lowest BCUT2D eigenvalue weighted by Crippen LogP contribution is -2.22. The Bertz CT molecular complexity index is 431. The molecule has 0 unspecified atom stereocenters. The number of rotatable bonds is 4. The second-order valence-corrected chi connectivity index (χ2v) is 6.86. The Hall–Kier alpha value is -1.09. The van der Waals surface area contributed by atoms with Gasteiger partial charge >= 0.3 is 0 Å². The van der Waals surface area contributed by atoms with Crippen LogP contribution in [0.4, 0.5) is 0 Å². The average molecular weight is 276 g/mol. The minimum absolute atomic E-state index is 0.0500. The summed E-state index contributed by atoms with van der Waals surface area (Å²) < 4.78 is 6.14. The summed E-state index contributed by atoms with van der Waals surface area (Å²) in [5.41, 5.74) is 2.41. The van der Waals surface area contributed by atoms with Gasteiger partial charge in [-0.3, -0.25) is 0 Å². The Balaban J connectivity index is 2.19. The summed E-state index contributed by atoms with van der Waals surface area (Å²) in [6, 6.07) is 4.27. The topological polar surface area (TPSA) is 34.1 Å². The molecule has 1 aromatic heterocycles. The van der Waals surface area contributed by atoms with Crippen molar-refractivity contribution in [2.45, 2.75) is 70.9 Å². The SMILES string of the molecule is CNCc1cc(OC2CCCCC2)nc(C(C)(C)C)c1. The second-order valence-electron chi connectivity index (χ2n) is 6.86. The third kappa shape index (κ3) is 4.20. The second kappa shape index (κ2) is 6.57. The fraction of sp³-hybridized carbons (Fsp3) is 0.706. The van der Waals surface area contributed by atoms with Gasteiger partial charge in [0.05, 0.1) is 5.69 Å². The lowest BCUT2D eigenvalue weighted by molar-refractivity contribution is 0.148. The van der Waals surface area contributed by atoms with Crippen molar-refractivity contribution in [2.75, 3.05) is 7.05 Å². The Morgan fingerprint density at radius 1 is 1.20 bits per heavy atom. The summed E-state index contributed by atoms with van der Waals surface area (Å²) in [6.45, 7) is 7.45. The molecule has 1 aliphatic rings. The van der Waals surface area contributed by atoms with E-state index in [1.54, 1.807) is 0 Å². The van der Waals surface area contributed by atoms with Crippen molar-refractivity contribution in [3.63, 3.8) is 0 Å². The highest BCUT2D eigenvalue weighted by Gasteiger charge is 2.20. The van der Waals surface area contributed by atoms with Gasteiger partial charge in [0, 0.05) is 18.0 Å². The molecule has 0 atom stereocenters. The first-order chi connectivity index (χ1) is 9.49. The van der Waals surface area contributed by atoms with Crippen molar-refractivity contribution >= 4 is 0 Å². The van der Waals surface area contributed by atoms with Crippen LogP contribution in [0.2, 0.25) is 0 Å². The van der Waals surface area contributed by atoms with E-state index in [9.17, 15) is 0 Å². The molecular weight excluding hydrogens is 248 g/mol. The molecule has 0 saturated heterocycles. The summed E-state index contributed by atoms with van der Waals surface area (Å²) in [6.07, 6.45) is 6.61. The van der Waals surface area contributed by atoms with Crippen molar-refractivity contribution in [3.8, 4) is 5.88 Å². The van der Waals surface area contributed by atoms with Gasteiger partial charge in [0.25, 0.3) is 0 Å². The molecule has 1 N–H and O–H groups in total. The van der Waals surface area contributed by atoms with E-state index in [2.05, 4.69) is 38.2 Å². The molecule has 0 spiro atoms. The van der Waals surface area contributed by atoms with Crippen molar-refractivity contribution in [1.29, 1.82) is 0 Å². The number of hydrogen-bond donors (Lipinski definition) is 1. The summed E-state index contributed by atoms with van der Waals surface area (Å²) in [7, 11) is 1.97. The zero-order valence-corrected chi connectivity index (χ0v) is 13.3. The van der Waals surface area contributed by atoms with Crippen LogP contribution in [0, 0.1) is 0 Å². The van der Waals surface area contributed by atoms with Gasteiger partial charge in [0.15, 0.2) is 0 Å². The fourth-order valence-corrected chi connectivity index (χ4v) is 2.66. The van der Waals surface area contributed by atoms with Gasteiger partial charge in [-0.1, -0.05) is 27.2 Å². The summed E-state index contributed by atoms with van der Waals surface area (Å²) >= 11 is 0. The minimum Gasteiger partial charge on any atom is -0.474 e. The van der Waals surface area contributed by atoms with Crippen LogP contribution >= 0.6 is 0 Å². The van der Waals surface area contributed by atoms with E-state index in [-0.39, 0.29) is 5.41 Å². The number of nitrogens with one attached hydrogen (secondary N) is 1. The highest BCUT2D eigenvalue weighted by molar-refractivity contribution is 5.28. The molecule has 20 heavy (non-hydrogen) atoms. The van der Waals surface area contributed by atoms with Crippen molar-refractivity contribution in [1.82, 2.24) is 10.3 Å². The zero-order valence-electron chi connectivity index (χ0n) is 13.3. The first-order valence-electron chi connectivity index (χ1n) is 7.82. The lowest BCUT2D eigenvalue weighted by atomic mass is 9.91. The zero-order chi connectivity index (χ0) is 14.6. The molecule has 3 heteroatoms. The largest absolute Gasteiger partial charge is 0.474 e. The van der Waals surface area contributed by atoms with Gasteiger partial charge < -0.3 is 10.1 Å². The number of ether oxygens (including phenoxy) is 1. The van der Waals surface area contributed by atoms with Gasteiger partial charge in [0.1, 0.15) is 6.10 Å². The van der Waals surface area contributed by atoms with Crippen LogP contribution in [0.5, 0.6) is 5.88 Å². The number of nitrogens with zero attached hydrogens (tertiary/aromatic N) is 1.